The Bertz CT molecular complexity index is 941. The average Bonchev–Trinajstić information content (AvgIpc) is 2.47. The maximum absolute atomic E-state index is 13.6. The van der Waals surface area contributed by atoms with Crippen molar-refractivity contribution in [2.24, 2.45) is 5.41 Å². The fourth-order valence-electron chi connectivity index (χ4n) is 2.46. The molecule has 3 aromatic rings. The van der Waals surface area contributed by atoms with E-state index in [9.17, 15) is 9.18 Å². The van der Waals surface area contributed by atoms with E-state index in [2.05, 4.69) is 43.0 Å². The quantitative estimate of drug-likeness (QED) is 0.701. The monoisotopic (exact) mass is 313 g/mol. The summed E-state index contributed by atoms with van der Waals surface area (Å²) >= 11 is 0. The summed E-state index contributed by atoms with van der Waals surface area (Å²) in [5.41, 5.74) is 0.388. The van der Waals surface area contributed by atoms with E-state index in [-0.39, 0.29) is 22.8 Å². The van der Waals surface area contributed by atoms with E-state index in [1.54, 1.807) is 18.3 Å². The van der Waals surface area contributed by atoms with E-state index in [0.717, 1.165) is 0 Å². The van der Waals surface area contributed by atoms with Gasteiger partial charge in [0.1, 0.15) is 11.6 Å². The Labute approximate surface area is 133 Å². The lowest BCUT2D eigenvalue weighted by Gasteiger charge is -2.29. The number of benzene rings is 1. The van der Waals surface area contributed by atoms with Crippen LogP contribution in [-0.2, 0) is 0 Å². The fraction of sp³-hybridized carbons (Fsp3) is 0.333. The van der Waals surface area contributed by atoms with Gasteiger partial charge in [0.25, 0.3) is 5.56 Å². The van der Waals surface area contributed by atoms with Gasteiger partial charge in [0, 0.05) is 23.0 Å². The molecule has 1 aromatic carbocycles. The third kappa shape index (κ3) is 2.79. The molecule has 3 rings (SSSR count). The molecule has 4 nitrogen and oxygen atoms in total. The third-order valence-corrected chi connectivity index (χ3v) is 4.33. The molecule has 0 aliphatic rings. The van der Waals surface area contributed by atoms with Crippen molar-refractivity contribution in [1.29, 1.82) is 0 Å². The Morgan fingerprint density at radius 3 is 2.65 bits per heavy atom. The minimum atomic E-state index is -0.382. The highest BCUT2D eigenvalue weighted by molar-refractivity contribution is 6.09. The Balaban J connectivity index is 2.32. The second-order valence-electron chi connectivity index (χ2n) is 6.95. The van der Waals surface area contributed by atoms with Crippen LogP contribution in [0.3, 0.4) is 0 Å². The molecular formula is C18H20FN3O. The molecule has 5 heteroatoms. The van der Waals surface area contributed by atoms with Crippen LogP contribution in [0.15, 0.2) is 35.3 Å². The molecule has 2 N–H and O–H groups in total. The number of hydrogen-bond donors (Lipinski definition) is 2. The number of H-pyrrole nitrogens is 1. The van der Waals surface area contributed by atoms with Gasteiger partial charge in [-0.2, -0.15) is 0 Å². The van der Waals surface area contributed by atoms with Gasteiger partial charge in [-0.15, -0.1) is 0 Å². The smallest absolute Gasteiger partial charge is 0.256 e. The molecule has 0 saturated carbocycles. The van der Waals surface area contributed by atoms with Gasteiger partial charge < -0.3 is 10.3 Å². The Morgan fingerprint density at radius 1 is 1.22 bits per heavy atom. The van der Waals surface area contributed by atoms with Crippen LogP contribution in [0.1, 0.15) is 27.7 Å². The highest BCUT2D eigenvalue weighted by Gasteiger charge is 2.21. The molecule has 120 valence electrons. The van der Waals surface area contributed by atoms with Gasteiger partial charge in [0.2, 0.25) is 0 Å². The lowest BCUT2D eigenvalue weighted by atomic mass is 9.88. The van der Waals surface area contributed by atoms with Crippen LogP contribution >= 0.6 is 0 Å². The molecule has 0 spiro atoms. The summed E-state index contributed by atoms with van der Waals surface area (Å²) in [6.45, 7) is 8.48. The van der Waals surface area contributed by atoms with Crippen molar-refractivity contribution in [3.8, 4) is 0 Å². The zero-order valence-electron chi connectivity index (χ0n) is 13.7. The number of rotatable bonds is 2. The van der Waals surface area contributed by atoms with Crippen molar-refractivity contribution in [1.82, 2.24) is 9.97 Å². The maximum Gasteiger partial charge on any atom is 0.256 e. The molecule has 23 heavy (non-hydrogen) atoms. The summed E-state index contributed by atoms with van der Waals surface area (Å²) in [7, 11) is 0. The average molecular weight is 313 g/mol. The first-order valence-electron chi connectivity index (χ1n) is 7.64. The first-order chi connectivity index (χ1) is 10.8. The number of pyridine rings is 2. The van der Waals surface area contributed by atoms with Gasteiger partial charge in [-0.25, -0.2) is 9.37 Å². The summed E-state index contributed by atoms with van der Waals surface area (Å²) in [6.07, 6.45) is 1.59. The number of hydrogen-bond acceptors (Lipinski definition) is 3. The SMILES string of the molecule is CC(Nc1nc2ccc(F)cc2c2c(=O)[nH]ccc12)C(C)(C)C. The minimum absolute atomic E-state index is 0.0347. The third-order valence-electron chi connectivity index (χ3n) is 4.33. The van der Waals surface area contributed by atoms with Crippen LogP contribution in [-0.4, -0.2) is 16.0 Å². The summed E-state index contributed by atoms with van der Waals surface area (Å²) < 4.78 is 13.6. The van der Waals surface area contributed by atoms with Crippen LogP contribution in [0.4, 0.5) is 10.2 Å². The fourth-order valence-corrected chi connectivity index (χ4v) is 2.46. The molecule has 0 fully saturated rings. The Hall–Kier alpha value is -2.43. The Kier molecular flexibility index (Phi) is 3.59. The highest BCUT2D eigenvalue weighted by Crippen LogP contribution is 2.30. The van der Waals surface area contributed by atoms with E-state index in [1.165, 1.54) is 12.1 Å². The minimum Gasteiger partial charge on any atom is -0.367 e. The number of aromatic amines is 1. The number of nitrogens with zero attached hydrogens (tertiary/aromatic N) is 1. The van der Waals surface area contributed by atoms with E-state index >= 15 is 0 Å². The first kappa shape index (κ1) is 15.5. The van der Waals surface area contributed by atoms with Crippen molar-refractivity contribution in [2.45, 2.75) is 33.7 Å². The van der Waals surface area contributed by atoms with Gasteiger partial charge in [-0.3, -0.25) is 4.79 Å². The second kappa shape index (κ2) is 5.33. The molecule has 0 aliphatic heterocycles. The van der Waals surface area contributed by atoms with Crippen LogP contribution in [0.2, 0.25) is 0 Å². The van der Waals surface area contributed by atoms with Crippen molar-refractivity contribution >= 4 is 27.5 Å². The molecule has 0 amide bonds. The van der Waals surface area contributed by atoms with E-state index in [1.807, 2.05) is 0 Å². The number of aromatic nitrogens is 2. The van der Waals surface area contributed by atoms with Crippen LogP contribution in [0.5, 0.6) is 0 Å². The van der Waals surface area contributed by atoms with Crippen LogP contribution in [0, 0.1) is 11.2 Å². The standard InChI is InChI=1S/C18H20FN3O/c1-10(18(2,3)4)21-16-12-7-8-20-17(23)15(12)13-9-11(19)5-6-14(13)22-16/h5-10H,1-4H3,(H,20,23)(H,21,22). The summed E-state index contributed by atoms with van der Waals surface area (Å²) in [4.78, 5) is 19.6. The van der Waals surface area contributed by atoms with Crippen molar-refractivity contribution in [3.05, 3.63) is 46.6 Å². The lowest BCUT2D eigenvalue weighted by molar-refractivity contribution is 0.359. The van der Waals surface area contributed by atoms with Gasteiger partial charge in [-0.1, -0.05) is 20.8 Å². The molecular weight excluding hydrogens is 293 g/mol. The normalized spacial score (nSPS) is 13.4. The Morgan fingerprint density at radius 2 is 1.96 bits per heavy atom. The summed E-state index contributed by atoms with van der Waals surface area (Å²) in [6, 6.07) is 6.26. The predicted molar refractivity (Wildman–Crippen MR) is 92.4 cm³/mol. The van der Waals surface area contributed by atoms with Crippen molar-refractivity contribution in [2.75, 3.05) is 5.32 Å². The van der Waals surface area contributed by atoms with E-state index in [0.29, 0.717) is 27.5 Å². The molecule has 1 atom stereocenters. The molecule has 0 bridgehead atoms. The number of anilines is 1. The zero-order valence-corrected chi connectivity index (χ0v) is 13.7. The van der Waals surface area contributed by atoms with E-state index < -0.39 is 0 Å². The maximum atomic E-state index is 13.6. The van der Waals surface area contributed by atoms with Crippen molar-refractivity contribution in [3.63, 3.8) is 0 Å². The summed E-state index contributed by atoms with van der Waals surface area (Å²) in [5, 5.41) is 5.08. The molecule has 2 aromatic heterocycles. The lowest BCUT2D eigenvalue weighted by Crippen LogP contribution is -2.31. The predicted octanol–water partition coefficient (Wildman–Crippen LogP) is 4.06. The van der Waals surface area contributed by atoms with Crippen LogP contribution in [0.25, 0.3) is 21.7 Å². The van der Waals surface area contributed by atoms with Gasteiger partial charge in [0.05, 0.1) is 10.9 Å². The number of halogens is 1. The van der Waals surface area contributed by atoms with E-state index in [4.69, 9.17) is 0 Å². The molecule has 0 aliphatic carbocycles. The second-order valence-corrected chi connectivity index (χ2v) is 6.95. The van der Waals surface area contributed by atoms with Gasteiger partial charge >= 0.3 is 0 Å². The molecule has 0 saturated heterocycles. The van der Waals surface area contributed by atoms with Gasteiger partial charge in [0.15, 0.2) is 0 Å². The number of nitrogens with one attached hydrogen (secondary N) is 2. The zero-order chi connectivity index (χ0) is 16.8. The number of fused-ring (bicyclic) bond motifs is 3. The highest BCUT2D eigenvalue weighted by atomic mass is 19.1. The van der Waals surface area contributed by atoms with Crippen molar-refractivity contribution < 1.29 is 4.39 Å². The first-order valence-corrected chi connectivity index (χ1v) is 7.64. The van der Waals surface area contributed by atoms with Crippen LogP contribution < -0.4 is 10.9 Å². The summed E-state index contributed by atoms with van der Waals surface area (Å²) in [5.74, 6) is 0.264. The van der Waals surface area contributed by atoms with Gasteiger partial charge in [-0.05, 0) is 36.6 Å². The molecule has 2 heterocycles. The topological polar surface area (TPSA) is 57.8 Å². The molecule has 0 radical (unpaired) electrons. The largest absolute Gasteiger partial charge is 0.367 e. The molecule has 1 unspecified atom stereocenters.